The van der Waals surface area contributed by atoms with E-state index < -0.39 is 0 Å². The lowest BCUT2D eigenvalue weighted by atomic mass is 10.2. The van der Waals surface area contributed by atoms with Gasteiger partial charge in [0, 0.05) is 24.8 Å². The molecule has 0 aliphatic rings. The number of aromatic hydroxyl groups is 1. The second kappa shape index (κ2) is 8.80. The van der Waals surface area contributed by atoms with Crippen LogP contribution in [0.15, 0.2) is 17.1 Å². The molecule has 0 radical (unpaired) electrons. The van der Waals surface area contributed by atoms with Crippen LogP contribution < -0.4 is 5.43 Å². The molecule has 0 saturated heterocycles. The van der Waals surface area contributed by atoms with Crippen LogP contribution in [0, 0.1) is 0 Å². The van der Waals surface area contributed by atoms with Crippen molar-refractivity contribution in [2.75, 3.05) is 13.1 Å². The highest BCUT2D eigenvalue weighted by Crippen LogP contribution is 2.11. The predicted octanol–water partition coefficient (Wildman–Crippen LogP) is 2.98. The number of unbranched alkanes of at least 4 members (excludes halogenated alkanes) is 3. The summed E-state index contributed by atoms with van der Waals surface area (Å²) in [5.74, 6) is -0.149. The standard InChI is InChI=1S/C16H28N2O2/c1-4-7-8-9-10-18-13-16(20)15(19)11-14(18)12-17(5-2)6-3/h11,13,20H,4-10,12H2,1-3H3. The van der Waals surface area contributed by atoms with Gasteiger partial charge in [-0.3, -0.25) is 9.69 Å². The van der Waals surface area contributed by atoms with Gasteiger partial charge in [-0.25, -0.2) is 0 Å². The second-order valence-electron chi connectivity index (χ2n) is 5.23. The van der Waals surface area contributed by atoms with Gasteiger partial charge in [-0.1, -0.05) is 40.0 Å². The highest BCUT2D eigenvalue weighted by atomic mass is 16.3. The number of aromatic nitrogens is 1. The van der Waals surface area contributed by atoms with Gasteiger partial charge in [0.1, 0.15) is 0 Å². The van der Waals surface area contributed by atoms with Gasteiger partial charge >= 0.3 is 0 Å². The predicted molar refractivity (Wildman–Crippen MR) is 83.1 cm³/mol. The van der Waals surface area contributed by atoms with E-state index >= 15 is 0 Å². The van der Waals surface area contributed by atoms with Crippen LogP contribution in [0.2, 0.25) is 0 Å². The van der Waals surface area contributed by atoms with Gasteiger partial charge < -0.3 is 9.67 Å². The molecular formula is C16H28N2O2. The third kappa shape index (κ3) is 5.00. The van der Waals surface area contributed by atoms with Crippen molar-refractivity contribution < 1.29 is 5.11 Å². The summed E-state index contributed by atoms with van der Waals surface area (Å²) in [4.78, 5) is 13.9. The van der Waals surface area contributed by atoms with Crippen LogP contribution in [0.25, 0.3) is 0 Å². The van der Waals surface area contributed by atoms with Gasteiger partial charge in [-0.15, -0.1) is 0 Å². The molecule has 0 unspecified atom stereocenters. The Labute approximate surface area is 122 Å². The van der Waals surface area contributed by atoms with Crippen LogP contribution in [0.5, 0.6) is 5.75 Å². The lowest BCUT2D eigenvalue weighted by Gasteiger charge is -2.21. The van der Waals surface area contributed by atoms with Crippen LogP contribution in [0.3, 0.4) is 0 Å². The summed E-state index contributed by atoms with van der Waals surface area (Å²) in [5, 5.41) is 9.63. The fourth-order valence-corrected chi connectivity index (χ4v) is 2.33. The van der Waals surface area contributed by atoms with Gasteiger partial charge in [-0.05, 0) is 19.5 Å². The molecule has 1 aromatic rings. The Hall–Kier alpha value is -1.29. The molecule has 0 atom stereocenters. The van der Waals surface area contributed by atoms with Gasteiger partial charge in [0.2, 0.25) is 5.43 Å². The highest BCUT2D eigenvalue weighted by molar-refractivity contribution is 5.20. The summed E-state index contributed by atoms with van der Waals surface area (Å²) in [6.45, 7) is 9.97. The molecule has 0 aromatic carbocycles. The third-order valence-electron chi connectivity index (χ3n) is 3.73. The fourth-order valence-electron chi connectivity index (χ4n) is 2.33. The quantitative estimate of drug-likeness (QED) is 0.707. The first-order valence-electron chi connectivity index (χ1n) is 7.77. The van der Waals surface area contributed by atoms with Crippen LogP contribution >= 0.6 is 0 Å². The zero-order valence-electron chi connectivity index (χ0n) is 13.1. The van der Waals surface area contributed by atoms with E-state index in [2.05, 4.69) is 25.7 Å². The first-order chi connectivity index (χ1) is 9.62. The van der Waals surface area contributed by atoms with Crippen LogP contribution in [-0.2, 0) is 13.1 Å². The Morgan fingerprint density at radius 2 is 1.85 bits per heavy atom. The van der Waals surface area contributed by atoms with Crippen molar-refractivity contribution in [3.63, 3.8) is 0 Å². The van der Waals surface area contributed by atoms with Gasteiger partial charge in [0.25, 0.3) is 0 Å². The molecule has 1 rings (SSSR count). The van der Waals surface area contributed by atoms with E-state index in [1.165, 1.54) is 19.3 Å². The summed E-state index contributed by atoms with van der Waals surface area (Å²) in [6, 6.07) is 1.58. The van der Waals surface area contributed by atoms with E-state index in [0.717, 1.165) is 38.3 Å². The van der Waals surface area contributed by atoms with Crippen molar-refractivity contribution in [1.82, 2.24) is 9.47 Å². The van der Waals surface area contributed by atoms with E-state index in [0.29, 0.717) is 0 Å². The number of rotatable bonds is 9. The fraction of sp³-hybridized carbons (Fsp3) is 0.688. The maximum Gasteiger partial charge on any atom is 0.223 e. The monoisotopic (exact) mass is 280 g/mol. The van der Waals surface area contributed by atoms with E-state index in [9.17, 15) is 9.90 Å². The maximum absolute atomic E-state index is 11.6. The van der Waals surface area contributed by atoms with E-state index in [1.807, 2.05) is 4.57 Å². The zero-order valence-corrected chi connectivity index (χ0v) is 13.1. The average Bonchev–Trinajstić information content (AvgIpc) is 2.45. The third-order valence-corrected chi connectivity index (χ3v) is 3.73. The Morgan fingerprint density at radius 1 is 1.15 bits per heavy atom. The van der Waals surface area contributed by atoms with Crippen LogP contribution in [0.1, 0.15) is 52.1 Å². The molecule has 1 aromatic heterocycles. The normalized spacial score (nSPS) is 11.2. The average molecular weight is 280 g/mol. The maximum atomic E-state index is 11.6. The molecule has 0 aliphatic carbocycles. The van der Waals surface area contributed by atoms with Crippen molar-refractivity contribution >= 4 is 0 Å². The molecule has 20 heavy (non-hydrogen) atoms. The largest absolute Gasteiger partial charge is 0.503 e. The summed E-state index contributed by atoms with van der Waals surface area (Å²) < 4.78 is 2.03. The zero-order chi connectivity index (χ0) is 15.0. The SMILES string of the molecule is CCCCCCn1cc(O)c(=O)cc1CN(CC)CC. The minimum Gasteiger partial charge on any atom is -0.503 e. The number of nitrogens with zero attached hydrogens (tertiary/aromatic N) is 2. The first kappa shape index (κ1) is 16.8. The van der Waals surface area contributed by atoms with Crippen molar-refractivity contribution in [3.05, 3.63) is 28.2 Å². The van der Waals surface area contributed by atoms with E-state index in [4.69, 9.17) is 0 Å². The number of aryl methyl sites for hydroxylation is 1. The van der Waals surface area contributed by atoms with Crippen LogP contribution in [-0.4, -0.2) is 27.7 Å². The molecule has 4 nitrogen and oxygen atoms in total. The van der Waals surface area contributed by atoms with Gasteiger partial charge in [0.05, 0.1) is 6.20 Å². The Kier molecular flexibility index (Phi) is 7.37. The molecule has 0 aliphatic heterocycles. The first-order valence-corrected chi connectivity index (χ1v) is 7.77. The molecule has 114 valence electrons. The van der Waals surface area contributed by atoms with Crippen LogP contribution in [0.4, 0.5) is 0 Å². The number of hydrogen-bond acceptors (Lipinski definition) is 3. The minimum atomic E-state index is -0.281. The topological polar surface area (TPSA) is 45.5 Å². The molecule has 4 heteroatoms. The van der Waals surface area contributed by atoms with Crippen molar-refractivity contribution in [2.24, 2.45) is 0 Å². The minimum absolute atomic E-state index is 0.149. The van der Waals surface area contributed by atoms with Gasteiger partial charge in [-0.2, -0.15) is 0 Å². The molecule has 0 bridgehead atoms. The Morgan fingerprint density at radius 3 is 2.45 bits per heavy atom. The van der Waals surface area contributed by atoms with E-state index in [1.54, 1.807) is 12.3 Å². The molecule has 1 heterocycles. The Balaban J connectivity index is 2.83. The van der Waals surface area contributed by atoms with Crippen molar-refractivity contribution in [1.29, 1.82) is 0 Å². The highest BCUT2D eigenvalue weighted by Gasteiger charge is 2.09. The second-order valence-corrected chi connectivity index (χ2v) is 5.23. The smallest absolute Gasteiger partial charge is 0.223 e. The number of hydrogen-bond donors (Lipinski definition) is 1. The van der Waals surface area contributed by atoms with Gasteiger partial charge in [0.15, 0.2) is 5.75 Å². The Bertz CT molecular complexity index is 450. The molecule has 0 saturated carbocycles. The lowest BCUT2D eigenvalue weighted by Crippen LogP contribution is -2.25. The summed E-state index contributed by atoms with van der Waals surface area (Å²) >= 11 is 0. The molecule has 0 amide bonds. The molecule has 0 spiro atoms. The van der Waals surface area contributed by atoms with E-state index in [-0.39, 0.29) is 11.2 Å². The summed E-state index contributed by atoms with van der Waals surface area (Å²) in [5.41, 5.74) is 0.713. The lowest BCUT2D eigenvalue weighted by molar-refractivity contribution is 0.285. The molecule has 1 N–H and O–H groups in total. The number of pyridine rings is 1. The molecule has 0 fully saturated rings. The van der Waals surface area contributed by atoms with Crippen molar-refractivity contribution in [3.8, 4) is 5.75 Å². The van der Waals surface area contributed by atoms with Crippen molar-refractivity contribution in [2.45, 2.75) is 59.5 Å². The molecular weight excluding hydrogens is 252 g/mol. The summed E-state index contributed by atoms with van der Waals surface area (Å²) in [7, 11) is 0. The summed E-state index contributed by atoms with van der Waals surface area (Å²) in [6.07, 6.45) is 6.31.